The van der Waals surface area contributed by atoms with Crippen molar-refractivity contribution in [3.63, 3.8) is 0 Å². The smallest absolute Gasteiger partial charge is 0.303 e. The van der Waals surface area contributed by atoms with E-state index in [1.807, 2.05) is 0 Å². The fourth-order valence-electron chi connectivity index (χ4n) is 2.81. The van der Waals surface area contributed by atoms with Crippen LogP contribution in [-0.2, 0) is 22.7 Å². The van der Waals surface area contributed by atoms with Gasteiger partial charge in [0.2, 0.25) is 0 Å². The maximum Gasteiger partial charge on any atom is 0.303 e. The maximum absolute atomic E-state index is 12.5. The summed E-state index contributed by atoms with van der Waals surface area (Å²) in [6.07, 6.45) is -0.186. The van der Waals surface area contributed by atoms with Crippen molar-refractivity contribution in [3.8, 4) is 0 Å². The van der Waals surface area contributed by atoms with Crippen LogP contribution in [0.1, 0.15) is 25.7 Å². The molecule has 0 unspecified atom stereocenters. The predicted octanol–water partition coefficient (Wildman–Crippen LogP) is 0.327. The molecule has 0 bridgehead atoms. The Bertz CT molecular complexity index is 1140. The highest BCUT2D eigenvalue weighted by Gasteiger charge is 2.21. The molecule has 0 aliphatic carbocycles. The first-order chi connectivity index (χ1) is 13.2. The topological polar surface area (TPSA) is 153 Å². The van der Waals surface area contributed by atoms with Gasteiger partial charge in [0.15, 0.2) is 0 Å². The van der Waals surface area contributed by atoms with Crippen molar-refractivity contribution >= 4 is 53.4 Å². The molecule has 0 aromatic carbocycles. The molecule has 0 amide bonds. The molecule has 12 heteroatoms. The van der Waals surface area contributed by atoms with E-state index in [0.717, 1.165) is 31.8 Å². The summed E-state index contributed by atoms with van der Waals surface area (Å²) in [5, 5.41) is 17.4. The molecule has 0 radical (unpaired) electrons. The number of nitrogens with zero attached hydrogens (tertiary/aromatic N) is 2. The number of aliphatic carboxylic acids is 2. The summed E-state index contributed by atoms with van der Waals surface area (Å²) in [4.78, 5) is 71.2. The SMILES string of the molecule is O=C(O)CCCn1c(=O)c2sc3c(=O)n(CCCC(=O)O)c(=O)c3sc2c1=O. The van der Waals surface area contributed by atoms with E-state index in [0.29, 0.717) is 0 Å². The minimum atomic E-state index is -1.04. The Hall–Kier alpha value is -2.86. The third-order valence-electron chi connectivity index (χ3n) is 4.12. The molecule has 148 valence electrons. The standard InChI is InChI=1S/C16H14N2O8S2/c19-7(20)3-1-5-17-13(23)9-10(14(17)24)28-12-11(27-9)15(25)18(16(12)26)6-2-4-8(21)22/h1-6H2,(H,19,20)(H,21,22). The number of carboxylic acids is 2. The monoisotopic (exact) mass is 426 g/mol. The highest BCUT2D eigenvalue weighted by atomic mass is 32.1. The van der Waals surface area contributed by atoms with Crippen molar-refractivity contribution in [2.75, 3.05) is 0 Å². The van der Waals surface area contributed by atoms with E-state index >= 15 is 0 Å². The molecule has 28 heavy (non-hydrogen) atoms. The molecule has 0 aliphatic heterocycles. The Morgan fingerprint density at radius 2 is 0.929 bits per heavy atom. The first-order valence-corrected chi connectivity index (χ1v) is 9.86. The zero-order valence-electron chi connectivity index (χ0n) is 14.3. The van der Waals surface area contributed by atoms with Gasteiger partial charge in [0.25, 0.3) is 22.2 Å². The lowest BCUT2D eigenvalue weighted by Gasteiger charge is -1.97. The lowest BCUT2D eigenvalue weighted by atomic mass is 10.3. The van der Waals surface area contributed by atoms with E-state index in [1.54, 1.807) is 0 Å². The van der Waals surface area contributed by atoms with Gasteiger partial charge in [0.05, 0.1) is 0 Å². The fraction of sp³-hybridized carbons (Fsp3) is 0.375. The van der Waals surface area contributed by atoms with Gasteiger partial charge < -0.3 is 10.2 Å². The zero-order valence-corrected chi connectivity index (χ0v) is 15.9. The van der Waals surface area contributed by atoms with E-state index in [1.165, 1.54) is 0 Å². The third-order valence-corrected chi connectivity index (χ3v) is 6.71. The van der Waals surface area contributed by atoms with Crippen LogP contribution in [0.5, 0.6) is 0 Å². The van der Waals surface area contributed by atoms with Crippen LogP contribution in [-0.4, -0.2) is 31.3 Å². The normalized spacial score (nSPS) is 11.4. The number of fused-ring (bicyclic) bond motifs is 2. The van der Waals surface area contributed by atoms with Gasteiger partial charge in [-0.05, 0) is 12.8 Å². The molecule has 3 aromatic heterocycles. The lowest BCUT2D eigenvalue weighted by molar-refractivity contribution is -0.138. The first-order valence-electron chi connectivity index (χ1n) is 8.22. The summed E-state index contributed by atoms with van der Waals surface area (Å²) < 4.78 is 2.07. The lowest BCUT2D eigenvalue weighted by Crippen LogP contribution is -2.26. The molecule has 3 heterocycles. The molecular formula is C16H14N2O8S2. The quantitative estimate of drug-likeness (QED) is 0.522. The summed E-state index contributed by atoms with van der Waals surface area (Å²) in [5.74, 6) is -2.08. The van der Waals surface area contributed by atoms with E-state index < -0.39 is 34.2 Å². The maximum atomic E-state index is 12.5. The van der Waals surface area contributed by atoms with Crippen LogP contribution in [0.3, 0.4) is 0 Å². The van der Waals surface area contributed by atoms with Crippen molar-refractivity contribution < 1.29 is 19.8 Å². The van der Waals surface area contributed by atoms with E-state index in [9.17, 15) is 28.8 Å². The molecule has 3 rings (SSSR count). The molecule has 10 nitrogen and oxygen atoms in total. The average Bonchev–Trinajstić information content (AvgIpc) is 3.00. The van der Waals surface area contributed by atoms with Crippen LogP contribution in [0.25, 0.3) is 18.8 Å². The van der Waals surface area contributed by atoms with Crippen molar-refractivity contribution in [2.24, 2.45) is 0 Å². The van der Waals surface area contributed by atoms with Crippen molar-refractivity contribution in [3.05, 3.63) is 41.4 Å². The van der Waals surface area contributed by atoms with E-state index in [2.05, 4.69) is 0 Å². The molecule has 0 saturated carbocycles. The van der Waals surface area contributed by atoms with Gasteiger partial charge >= 0.3 is 11.9 Å². The minimum Gasteiger partial charge on any atom is -0.481 e. The number of carboxylic acid groups (broad SMARTS) is 2. The summed E-state index contributed by atoms with van der Waals surface area (Å²) >= 11 is 1.53. The first kappa shape index (κ1) is 19.9. The third kappa shape index (κ3) is 3.47. The van der Waals surface area contributed by atoms with Crippen LogP contribution in [0.4, 0.5) is 0 Å². The number of hydrogen-bond acceptors (Lipinski definition) is 8. The highest BCUT2D eigenvalue weighted by molar-refractivity contribution is 7.36. The Morgan fingerprint density at radius 3 is 1.18 bits per heavy atom. The number of hydrogen-bond donors (Lipinski definition) is 2. The van der Waals surface area contributed by atoms with E-state index in [4.69, 9.17) is 10.2 Å². The minimum absolute atomic E-state index is 0.0533. The number of aromatic nitrogens is 2. The van der Waals surface area contributed by atoms with Gasteiger partial charge in [0, 0.05) is 25.9 Å². The molecular weight excluding hydrogens is 412 g/mol. The van der Waals surface area contributed by atoms with Crippen LogP contribution >= 0.6 is 22.7 Å². The average molecular weight is 426 g/mol. The number of carbonyl (C=O) groups is 2. The van der Waals surface area contributed by atoms with Gasteiger partial charge in [-0.2, -0.15) is 0 Å². The Morgan fingerprint density at radius 1 is 0.643 bits per heavy atom. The Kier molecular flexibility index (Phi) is 5.42. The van der Waals surface area contributed by atoms with Crippen LogP contribution in [0.15, 0.2) is 19.2 Å². The summed E-state index contributed by atoms with van der Waals surface area (Å²) in [6, 6.07) is 0. The van der Waals surface area contributed by atoms with Crippen LogP contribution in [0.2, 0.25) is 0 Å². The zero-order chi connectivity index (χ0) is 20.6. The summed E-state index contributed by atoms with van der Waals surface area (Å²) in [5.41, 5.74) is -2.45. The van der Waals surface area contributed by atoms with Gasteiger partial charge in [-0.25, -0.2) is 0 Å². The second kappa shape index (κ2) is 7.64. The molecule has 0 aliphatic rings. The Balaban J connectivity index is 2.08. The number of rotatable bonds is 8. The van der Waals surface area contributed by atoms with E-state index in [-0.39, 0.29) is 57.6 Å². The van der Waals surface area contributed by atoms with Crippen LogP contribution < -0.4 is 22.2 Å². The molecule has 0 saturated heterocycles. The van der Waals surface area contributed by atoms with Gasteiger partial charge in [-0.3, -0.25) is 37.9 Å². The fourth-order valence-corrected chi connectivity index (χ4v) is 5.23. The van der Waals surface area contributed by atoms with Crippen molar-refractivity contribution in [1.29, 1.82) is 0 Å². The van der Waals surface area contributed by atoms with Crippen molar-refractivity contribution in [1.82, 2.24) is 9.13 Å². The van der Waals surface area contributed by atoms with Gasteiger partial charge in [-0.1, -0.05) is 0 Å². The molecule has 0 spiro atoms. The van der Waals surface area contributed by atoms with Gasteiger partial charge in [0.1, 0.15) is 18.8 Å². The molecule has 0 fully saturated rings. The predicted molar refractivity (Wildman–Crippen MR) is 103 cm³/mol. The summed E-state index contributed by atoms with van der Waals surface area (Å²) in [6.45, 7) is -0.127. The van der Waals surface area contributed by atoms with Crippen LogP contribution in [0, 0.1) is 0 Å². The highest BCUT2D eigenvalue weighted by Crippen LogP contribution is 2.26. The van der Waals surface area contributed by atoms with Gasteiger partial charge in [-0.15, -0.1) is 22.7 Å². The summed E-state index contributed by atoms with van der Waals surface area (Å²) in [7, 11) is 0. The second-order valence-electron chi connectivity index (χ2n) is 6.04. The Labute approximate surface area is 162 Å². The molecule has 3 aromatic rings. The molecule has 2 N–H and O–H groups in total. The second-order valence-corrected chi connectivity index (χ2v) is 8.08. The molecule has 0 atom stereocenters. The van der Waals surface area contributed by atoms with Crippen molar-refractivity contribution in [2.45, 2.75) is 38.8 Å². The largest absolute Gasteiger partial charge is 0.481 e.